The van der Waals surface area contributed by atoms with Crippen LogP contribution in [0.15, 0.2) is 71.3 Å². The minimum absolute atomic E-state index is 0.447. The molecule has 4 nitrogen and oxygen atoms in total. The van der Waals surface area contributed by atoms with E-state index in [-0.39, 0.29) is 0 Å². The number of methoxy groups -OCH3 is 1. The zero-order chi connectivity index (χ0) is 21.6. The van der Waals surface area contributed by atoms with Gasteiger partial charge in [-0.15, -0.1) is 0 Å². The first kappa shape index (κ1) is 21.8. The average molecular weight is 500 g/mol. The highest BCUT2D eigenvalue weighted by Gasteiger charge is 2.11. The second-order valence-electron chi connectivity index (χ2n) is 7.30. The number of ether oxygens (including phenoxy) is 2. The lowest BCUT2D eigenvalue weighted by Gasteiger charge is -2.14. The molecule has 0 bridgehead atoms. The number of aromatic amines is 1. The number of para-hydroxylation sites is 1. The Balaban J connectivity index is 1.35. The van der Waals surface area contributed by atoms with Crippen molar-refractivity contribution in [2.24, 2.45) is 0 Å². The molecule has 0 amide bonds. The van der Waals surface area contributed by atoms with E-state index in [2.05, 4.69) is 56.7 Å². The predicted molar refractivity (Wildman–Crippen MR) is 130 cm³/mol. The summed E-state index contributed by atoms with van der Waals surface area (Å²) in [6, 6.07) is 20.0. The molecule has 0 spiro atoms. The Morgan fingerprint density at radius 2 is 1.81 bits per heavy atom. The maximum Gasteiger partial charge on any atom is 0.162 e. The van der Waals surface area contributed by atoms with Crippen molar-refractivity contribution in [1.82, 2.24) is 10.3 Å². The quantitative estimate of drug-likeness (QED) is 0.258. The topological polar surface area (TPSA) is 46.3 Å². The molecule has 0 atom stereocenters. The van der Waals surface area contributed by atoms with Gasteiger partial charge in [-0.25, -0.2) is 0 Å². The van der Waals surface area contributed by atoms with Gasteiger partial charge in [0, 0.05) is 33.1 Å². The van der Waals surface area contributed by atoms with Crippen LogP contribution in [0, 0.1) is 0 Å². The van der Waals surface area contributed by atoms with Crippen LogP contribution in [0.5, 0.6) is 11.5 Å². The smallest absolute Gasteiger partial charge is 0.162 e. The molecule has 4 aromatic rings. The monoisotopic (exact) mass is 498 g/mol. The summed E-state index contributed by atoms with van der Waals surface area (Å²) in [5, 5.41) is 5.53. The maximum absolute atomic E-state index is 5.98. The minimum Gasteiger partial charge on any atom is -0.493 e. The van der Waals surface area contributed by atoms with Crippen molar-refractivity contribution < 1.29 is 9.47 Å². The molecule has 0 saturated carbocycles. The van der Waals surface area contributed by atoms with Crippen LogP contribution in [0.2, 0.25) is 5.02 Å². The van der Waals surface area contributed by atoms with E-state index >= 15 is 0 Å². The molecule has 1 heterocycles. The van der Waals surface area contributed by atoms with Gasteiger partial charge in [-0.3, -0.25) is 0 Å². The van der Waals surface area contributed by atoms with Crippen LogP contribution in [0.3, 0.4) is 0 Å². The van der Waals surface area contributed by atoms with Crippen molar-refractivity contribution >= 4 is 38.4 Å². The number of H-pyrrole nitrogens is 1. The Hall–Kier alpha value is -2.47. The fraction of sp³-hybridized carbons (Fsp3) is 0.200. The largest absolute Gasteiger partial charge is 0.493 e. The highest BCUT2D eigenvalue weighted by Crippen LogP contribution is 2.34. The fourth-order valence-electron chi connectivity index (χ4n) is 3.51. The number of nitrogens with one attached hydrogen (secondary N) is 2. The summed E-state index contributed by atoms with van der Waals surface area (Å²) in [6.45, 7) is 2.06. The maximum atomic E-state index is 5.98. The van der Waals surface area contributed by atoms with Crippen molar-refractivity contribution in [3.63, 3.8) is 0 Å². The van der Waals surface area contributed by atoms with E-state index < -0.39 is 0 Å². The molecule has 0 saturated heterocycles. The summed E-state index contributed by atoms with van der Waals surface area (Å²) in [5.74, 6) is 1.41. The molecule has 0 aliphatic rings. The van der Waals surface area contributed by atoms with Gasteiger partial charge < -0.3 is 19.8 Å². The molecule has 31 heavy (non-hydrogen) atoms. The molecule has 160 valence electrons. The molecule has 0 unspecified atom stereocenters. The van der Waals surface area contributed by atoms with Crippen molar-refractivity contribution in [3.8, 4) is 11.5 Å². The Morgan fingerprint density at radius 3 is 2.61 bits per heavy atom. The summed E-state index contributed by atoms with van der Waals surface area (Å²) in [4.78, 5) is 3.33. The number of hydrogen-bond donors (Lipinski definition) is 2. The van der Waals surface area contributed by atoms with Crippen LogP contribution in [0.1, 0.15) is 16.7 Å². The van der Waals surface area contributed by atoms with Gasteiger partial charge in [0.05, 0.1) is 7.11 Å². The average Bonchev–Trinajstić information content (AvgIpc) is 3.20. The Bertz CT molecular complexity index is 1160. The zero-order valence-electron chi connectivity index (χ0n) is 17.3. The standard InChI is InChI=1S/C25H24BrClN2O2/c1-30-24-12-19(14-28-11-10-18-15-29-23-5-3-2-4-21(18)23)22(26)13-25(24)31-16-17-6-8-20(27)9-7-17/h2-9,12-13,15,28-29H,10-11,14,16H2,1H3. The summed E-state index contributed by atoms with van der Waals surface area (Å²) in [7, 11) is 1.66. The summed E-state index contributed by atoms with van der Waals surface area (Å²) in [6.07, 6.45) is 3.05. The van der Waals surface area contributed by atoms with Gasteiger partial charge in [-0.05, 0) is 60.0 Å². The molecule has 0 fully saturated rings. The third kappa shape index (κ3) is 5.42. The van der Waals surface area contributed by atoms with Gasteiger partial charge in [0.2, 0.25) is 0 Å². The third-order valence-corrected chi connectivity index (χ3v) is 6.19. The zero-order valence-corrected chi connectivity index (χ0v) is 19.6. The van der Waals surface area contributed by atoms with E-state index in [4.69, 9.17) is 21.1 Å². The number of rotatable bonds is 9. The summed E-state index contributed by atoms with van der Waals surface area (Å²) < 4.78 is 12.5. The molecule has 2 N–H and O–H groups in total. The van der Waals surface area contributed by atoms with Crippen LogP contribution in [0.25, 0.3) is 10.9 Å². The molecule has 0 aliphatic heterocycles. The van der Waals surface area contributed by atoms with Crippen molar-refractivity contribution in [1.29, 1.82) is 0 Å². The number of fused-ring (bicyclic) bond motifs is 1. The van der Waals surface area contributed by atoms with Gasteiger partial charge in [-0.2, -0.15) is 0 Å². The normalized spacial score (nSPS) is 11.1. The van der Waals surface area contributed by atoms with Crippen molar-refractivity contribution in [2.45, 2.75) is 19.6 Å². The lowest BCUT2D eigenvalue weighted by Crippen LogP contribution is -2.17. The van der Waals surface area contributed by atoms with E-state index in [0.717, 1.165) is 35.1 Å². The van der Waals surface area contributed by atoms with Crippen LogP contribution in [-0.4, -0.2) is 18.6 Å². The molecule has 4 rings (SSSR count). The highest BCUT2D eigenvalue weighted by atomic mass is 79.9. The molecular weight excluding hydrogens is 476 g/mol. The molecular formula is C25H24BrClN2O2. The molecule has 0 radical (unpaired) electrons. The van der Waals surface area contributed by atoms with E-state index in [1.54, 1.807) is 7.11 Å². The Kier molecular flexibility index (Phi) is 7.17. The molecule has 1 aromatic heterocycles. The Labute approximate surface area is 195 Å². The number of benzene rings is 3. The summed E-state index contributed by atoms with van der Waals surface area (Å²) >= 11 is 9.62. The van der Waals surface area contributed by atoms with E-state index in [1.165, 1.54) is 16.5 Å². The highest BCUT2D eigenvalue weighted by molar-refractivity contribution is 9.10. The van der Waals surface area contributed by atoms with E-state index in [1.807, 2.05) is 36.4 Å². The van der Waals surface area contributed by atoms with Gasteiger partial charge >= 0.3 is 0 Å². The van der Waals surface area contributed by atoms with Gasteiger partial charge in [-0.1, -0.05) is 57.9 Å². The fourth-order valence-corrected chi connectivity index (χ4v) is 4.10. The van der Waals surface area contributed by atoms with Gasteiger partial charge in [0.15, 0.2) is 11.5 Å². The van der Waals surface area contributed by atoms with Crippen molar-refractivity contribution in [2.75, 3.05) is 13.7 Å². The number of aromatic nitrogens is 1. The second kappa shape index (κ2) is 10.2. The Morgan fingerprint density at radius 1 is 1.00 bits per heavy atom. The first-order valence-electron chi connectivity index (χ1n) is 10.1. The minimum atomic E-state index is 0.447. The molecule has 6 heteroatoms. The SMILES string of the molecule is COc1cc(CNCCc2c[nH]c3ccccc23)c(Br)cc1OCc1ccc(Cl)cc1. The van der Waals surface area contributed by atoms with Crippen LogP contribution in [0.4, 0.5) is 0 Å². The summed E-state index contributed by atoms with van der Waals surface area (Å²) in [5.41, 5.74) is 4.67. The first-order chi connectivity index (χ1) is 15.1. The van der Waals surface area contributed by atoms with Crippen LogP contribution in [-0.2, 0) is 19.6 Å². The predicted octanol–water partition coefficient (Wildman–Crippen LogP) is 6.50. The molecule has 3 aromatic carbocycles. The second-order valence-corrected chi connectivity index (χ2v) is 8.59. The molecule has 0 aliphatic carbocycles. The van der Waals surface area contributed by atoms with Crippen LogP contribution < -0.4 is 14.8 Å². The lowest BCUT2D eigenvalue weighted by atomic mass is 10.1. The van der Waals surface area contributed by atoms with Crippen molar-refractivity contribution in [3.05, 3.63) is 93.0 Å². The van der Waals surface area contributed by atoms with Gasteiger partial charge in [0.25, 0.3) is 0 Å². The first-order valence-corrected chi connectivity index (χ1v) is 11.3. The number of halogens is 2. The lowest BCUT2D eigenvalue weighted by molar-refractivity contribution is 0.284. The van der Waals surface area contributed by atoms with Gasteiger partial charge in [0.1, 0.15) is 6.61 Å². The van der Waals surface area contributed by atoms with Crippen LogP contribution >= 0.6 is 27.5 Å². The van der Waals surface area contributed by atoms with E-state index in [9.17, 15) is 0 Å². The van der Waals surface area contributed by atoms with E-state index in [0.29, 0.717) is 23.1 Å². The third-order valence-electron chi connectivity index (χ3n) is 5.20. The number of hydrogen-bond acceptors (Lipinski definition) is 3.